The number of aliphatic hydroxyl groups excluding tert-OH is 1. The summed E-state index contributed by atoms with van der Waals surface area (Å²) in [6.07, 6.45) is 0.711. The smallest absolute Gasteiger partial charge is 0.134 e. The molecule has 0 heterocycles. The van der Waals surface area contributed by atoms with Crippen LogP contribution in [0.5, 0.6) is 11.5 Å². The fraction of sp³-hybridized carbons (Fsp3) is 0.250. The Morgan fingerprint density at radius 2 is 1.62 bits per heavy atom. The quantitative estimate of drug-likeness (QED) is 0.659. The molecule has 0 amide bonds. The summed E-state index contributed by atoms with van der Waals surface area (Å²) in [7, 11) is 0. The minimum absolute atomic E-state index is 0.0565. The largest absolute Gasteiger partial charge is 0.871 e. The van der Waals surface area contributed by atoms with Gasteiger partial charge in [0.15, 0.2) is 0 Å². The van der Waals surface area contributed by atoms with Gasteiger partial charge in [0.2, 0.25) is 0 Å². The maximum atomic E-state index is 11.5. The van der Waals surface area contributed by atoms with Crippen molar-refractivity contribution in [3.8, 4) is 11.5 Å². The average Bonchev–Trinajstić information content (AvgIpc) is 2.53. The Hall–Kier alpha value is -0.880. The molecule has 0 aliphatic carbocycles. The Morgan fingerprint density at radius 3 is 2.21 bits per heavy atom. The van der Waals surface area contributed by atoms with E-state index in [4.69, 9.17) is 56.6 Å². The van der Waals surface area contributed by atoms with E-state index in [0.717, 1.165) is 6.54 Å². The highest BCUT2D eigenvalue weighted by Gasteiger charge is 2.02. The van der Waals surface area contributed by atoms with Gasteiger partial charge in [0.25, 0.3) is 0 Å². The lowest BCUT2D eigenvalue weighted by Gasteiger charge is -2.14. The van der Waals surface area contributed by atoms with Crippen LogP contribution in [0, 0.1) is 0 Å². The first kappa shape index (κ1) is 21.2. The van der Waals surface area contributed by atoms with Crippen LogP contribution in [-0.4, -0.2) is 23.4 Å². The zero-order valence-corrected chi connectivity index (χ0v) is 15.6. The molecule has 132 valence electrons. The molecule has 0 aromatic heterocycles. The number of hydrogen-bond acceptors (Lipinski definition) is 3. The first-order chi connectivity index (χ1) is 11.3. The SMILES string of the molecule is Oc1ccc(Cl)cc1Cl.[O-]c1c(Cl)cc(Cl)cc1C[NH2+]CCCO. The predicted octanol–water partition coefficient (Wildman–Crippen LogP) is 3.21. The van der Waals surface area contributed by atoms with Crippen LogP contribution in [0.1, 0.15) is 12.0 Å². The second-order valence-electron chi connectivity index (χ2n) is 4.83. The Bertz CT molecular complexity index is 668. The number of hydrogen-bond donors (Lipinski definition) is 3. The van der Waals surface area contributed by atoms with E-state index in [0.29, 0.717) is 28.6 Å². The normalized spacial score (nSPS) is 10.2. The molecule has 0 aliphatic rings. The van der Waals surface area contributed by atoms with Gasteiger partial charge in [-0.3, -0.25) is 0 Å². The van der Waals surface area contributed by atoms with Gasteiger partial charge in [0, 0.05) is 33.7 Å². The maximum absolute atomic E-state index is 11.5. The van der Waals surface area contributed by atoms with E-state index < -0.39 is 0 Å². The molecule has 0 spiro atoms. The van der Waals surface area contributed by atoms with Crippen LogP contribution in [-0.2, 0) is 6.54 Å². The van der Waals surface area contributed by atoms with E-state index in [1.54, 1.807) is 12.1 Å². The van der Waals surface area contributed by atoms with Crippen LogP contribution < -0.4 is 10.4 Å². The third-order valence-corrected chi connectivity index (χ3v) is 3.96. The Kier molecular flexibility index (Phi) is 9.59. The highest BCUT2D eigenvalue weighted by atomic mass is 35.5. The summed E-state index contributed by atoms with van der Waals surface area (Å²) >= 11 is 22.5. The highest BCUT2D eigenvalue weighted by Crippen LogP contribution is 2.28. The van der Waals surface area contributed by atoms with E-state index in [1.165, 1.54) is 18.2 Å². The standard InChI is InChI=1S/C10H13Cl2NO2.C6H4Cl2O/c11-8-4-7(6-13-2-1-3-14)10(15)9(12)5-8;7-4-1-2-6(9)5(8)3-4/h4-5,13-15H,1-3,6H2;1-3,9H. The van der Waals surface area contributed by atoms with Gasteiger partial charge in [-0.2, -0.15) is 0 Å². The van der Waals surface area contributed by atoms with Crippen LogP contribution in [0.25, 0.3) is 0 Å². The Morgan fingerprint density at radius 1 is 0.958 bits per heavy atom. The average molecular weight is 413 g/mol. The molecule has 2 aromatic rings. The van der Waals surface area contributed by atoms with Gasteiger partial charge in [-0.1, -0.05) is 52.2 Å². The van der Waals surface area contributed by atoms with Crippen molar-refractivity contribution in [2.75, 3.05) is 13.2 Å². The minimum atomic E-state index is -0.165. The number of halogens is 4. The first-order valence-electron chi connectivity index (χ1n) is 7.06. The highest BCUT2D eigenvalue weighted by molar-refractivity contribution is 6.36. The summed E-state index contributed by atoms with van der Waals surface area (Å²) in [5.41, 5.74) is 0.602. The molecule has 0 atom stereocenters. The van der Waals surface area contributed by atoms with Crippen molar-refractivity contribution < 1.29 is 20.6 Å². The van der Waals surface area contributed by atoms with Crippen molar-refractivity contribution in [1.82, 2.24) is 0 Å². The number of quaternary nitrogens is 1. The Balaban J connectivity index is 0.000000272. The summed E-state index contributed by atoms with van der Waals surface area (Å²) in [5.74, 6) is -0.109. The van der Waals surface area contributed by atoms with Crippen molar-refractivity contribution in [1.29, 1.82) is 0 Å². The van der Waals surface area contributed by atoms with E-state index in [1.807, 2.05) is 5.32 Å². The van der Waals surface area contributed by atoms with Crippen LogP contribution >= 0.6 is 46.4 Å². The summed E-state index contributed by atoms with van der Waals surface area (Å²) in [4.78, 5) is 0. The predicted molar refractivity (Wildman–Crippen MR) is 96.2 cm³/mol. The maximum Gasteiger partial charge on any atom is 0.134 e. The molecule has 8 heteroatoms. The zero-order valence-electron chi connectivity index (χ0n) is 12.6. The molecule has 0 aliphatic heterocycles. The summed E-state index contributed by atoms with van der Waals surface area (Å²) in [6, 6.07) is 7.58. The molecule has 0 saturated carbocycles. The molecule has 0 saturated heterocycles. The second-order valence-corrected chi connectivity index (χ2v) is 6.52. The number of rotatable bonds is 5. The molecule has 4 N–H and O–H groups in total. The monoisotopic (exact) mass is 411 g/mol. The van der Waals surface area contributed by atoms with Gasteiger partial charge in [0.1, 0.15) is 12.3 Å². The van der Waals surface area contributed by atoms with Gasteiger partial charge in [0.05, 0.1) is 11.6 Å². The fourth-order valence-electron chi connectivity index (χ4n) is 1.74. The molecule has 2 rings (SSSR count). The van der Waals surface area contributed by atoms with Crippen molar-refractivity contribution >= 4 is 46.4 Å². The van der Waals surface area contributed by atoms with Gasteiger partial charge in [-0.15, -0.1) is 0 Å². The van der Waals surface area contributed by atoms with Crippen molar-refractivity contribution in [2.45, 2.75) is 13.0 Å². The molecule has 0 fully saturated rings. The molecule has 0 bridgehead atoms. The lowest BCUT2D eigenvalue weighted by molar-refractivity contribution is -0.671. The molecule has 4 nitrogen and oxygen atoms in total. The fourth-order valence-corrected chi connectivity index (χ4v) is 2.68. The lowest BCUT2D eigenvalue weighted by Crippen LogP contribution is -2.82. The number of benzene rings is 2. The molecular weight excluding hydrogens is 396 g/mol. The van der Waals surface area contributed by atoms with Crippen molar-refractivity contribution in [3.05, 3.63) is 56.0 Å². The van der Waals surface area contributed by atoms with Gasteiger partial charge in [-0.25, -0.2) is 0 Å². The van der Waals surface area contributed by atoms with Crippen LogP contribution in [0.4, 0.5) is 0 Å². The van der Waals surface area contributed by atoms with Gasteiger partial charge in [-0.05, 0) is 30.3 Å². The summed E-state index contributed by atoms with van der Waals surface area (Å²) in [5, 5.41) is 32.3. The van der Waals surface area contributed by atoms with Gasteiger partial charge < -0.3 is 20.6 Å². The zero-order chi connectivity index (χ0) is 18.1. The number of phenolic OH excluding ortho intramolecular Hbond substituents is 1. The van der Waals surface area contributed by atoms with E-state index >= 15 is 0 Å². The van der Waals surface area contributed by atoms with Crippen LogP contribution in [0.2, 0.25) is 20.1 Å². The number of aliphatic hydroxyl groups is 1. The molecule has 2 aromatic carbocycles. The van der Waals surface area contributed by atoms with Crippen LogP contribution in [0.15, 0.2) is 30.3 Å². The van der Waals surface area contributed by atoms with E-state index in [2.05, 4.69) is 0 Å². The van der Waals surface area contributed by atoms with Crippen molar-refractivity contribution in [3.63, 3.8) is 0 Å². The second kappa shape index (κ2) is 10.9. The molecule has 0 unspecified atom stereocenters. The summed E-state index contributed by atoms with van der Waals surface area (Å²) < 4.78 is 0. The third kappa shape index (κ3) is 7.34. The lowest BCUT2D eigenvalue weighted by atomic mass is 10.2. The number of phenols is 1. The van der Waals surface area contributed by atoms with Crippen molar-refractivity contribution in [2.24, 2.45) is 0 Å². The van der Waals surface area contributed by atoms with Crippen LogP contribution in [0.3, 0.4) is 0 Å². The number of nitrogens with two attached hydrogens (primary N) is 1. The topological polar surface area (TPSA) is 80.1 Å². The number of aromatic hydroxyl groups is 1. The van der Waals surface area contributed by atoms with E-state index in [-0.39, 0.29) is 28.2 Å². The van der Waals surface area contributed by atoms with Gasteiger partial charge >= 0.3 is 0 Å². The summed E-state index contributed by atoms with van der Waals surface area (Å²) in [6.45, 7) is 1.48. The Labute approximate surface area is 160 Å². The third-order valence-electron chi connectivity index (χ3n) is 2.93. The molecule has 24 heavy (non-hydrogen) atoms. The molecule has 0 radical (unpaired) electrons. The first-order valence-corrected chi connectivity index (χ1v) is 8.57. The minimum Gasteiger partial charge on any atom is -0.871 e. The molecular formula is C16H17Cl4NO3. The van der Waals surface area contributed by atoms with E-state index in [9.17, 15) is 5.11 Å².